The maximum absolute atomic E-state index is 9.86. The van der Waals surface area contributed by atoms with Crippen LogP contribution in [0.4, 0.5) is 0 Å². The molecule has 51 heavy (non-hydrogen) atoms. The van der Waals surface area contributed by atoms with E-state index < -0.39 is 172 Å². The van der Waals surface area contributed by atoms with Crippen LogP contribution in [0.1, 0.15) is 31.5 Å². The van der Waals surface area contributed by atoms with Gasteiger partial charge in [-0.15, -0.1) is 0 Å². The second-order valence-corrected chi connectivity index (χ2v) is 11.5. The van der Waals surface area contributed by atoms with Crippen LogP contribution in [0, 0.1) is 0 Å². The molecule has 0 aliphatic rings. The molecule has 3 aromatic heterocycles. The number of benzene rings is 8. The summed E-state index contributed by atoms with van der Waals surface area (Å²) < 4.78 is 216. The molecule has 8 aromatic carbocycles. The first-order valence-corrected chi connectivity index (χ1v) is 15.6. The number of hydrogen-bond donors (Lipinski definition) is 0. The van der Waals surface area contributed by atoms with E-state index in [0.717, 1.165) is 16.7 Å². The lowest BCUT2D eigenvalue weighted by Crippen LogP contribution is -1.93. The Labute approximate surface area is 326 Å². The van der Waals surface area contributed by atoms with Crippen LogP contribution in [0.2, 0.25) is 0 Å². The third kappa shape index (κ3) is 4.19. The Hall–Kier alpha value is -6.84. The standard InChI is InChI=1S/C48H30N2O/c1-3-12-31(13-4-1)36-18-11-21-46-48(36)39-25-24-35(30-47(39)51-46)50-43-20-10-8-17-38(43)41-29-33(23-27-45(41)50)32-22-26-44-40(28-32)37-16-7-9-19-42(37)49(44)34-14-5-2-6-15-34/h1-30H/i1D,3D,4D,7D,8D,9D,10D,11D,12D,16D,17D,18D,19D,20D,21D,22D,23D,24D,25D,26D,28D,29D,30D. The molecule has 0 fully saturated rings. The van der Waals surface area contributed by atoms with Crippen LogP contribution in [-0.4, -0.2) is 9.13 Å². The van der Waals surface area contributed by atoms with Gasteiger partial charge in [-0.2, -0.15) is 0 Å². The molecule has 0 radical (unpaired) electrons. The molecule has 0 unspecified atom stereocenters. The van der Waals surface area contributed by atoms with Crippen LogP contribution in [0.5, 0.6) is 0 Å². The van der Waals surface area contributed by atoms with E-state index in [4.69, 9.17) is 22.2 Å². The largest absolute Gasteiger partial charge is 0.456 e. The van der Waals surface area contributed by atoms with E-state index in [0.29, 0.717) is 5.69 Å². The quantitative estimate of drug-likeness (QED) is 0.182. The number of fused-ring (bicyclic) bond motifs is 9. The first-order valence-electron chi connectivity index (χ1n) is 27.1. The monoisotopic (exact) mass is 673 g/mol. The van der Waals surface area contributed by atoms with E-state index in [9.17, 15) is 13.7 Å². The van der Waals surface area contributed by atoms with E-state index in [1.165, 1.54) is 4.57 Å². The first kappa shape index (κ1) is 13.8. The molecule has 0 saturated heterocycles. The maximum atomic E-state index is 9.86. The molecule has 11 rings (SSSR count). The van der Waals surface area contributed by atoms with Crippen LogP contribution >= 0.6 is 0 Å². The fourth-order valence-electron chi connectivity index (χ4n) is 6.59. The second kappa shape index (κ2) is 10.8. The van der Waals surface area contributed by atoms with Gasteiger partial charge < -0.3 is 13.6 Å². The van der Waals surface area contributed by atoms with Gasteiger partial charge in [0, 0.05) is 49.7 Å². The maximum Gasteiger partial charge on any atom is 0.137 e. The van der Waals surface area contributed by atoms with Gasteiger partial charge >= 0.3 is 0 Å². The number of nitrogens with zero attached hydrogens (tertiary/aromatic N) is 2. The Morgan fingerprint density at radius 3 is 1.92 bits per heavy atom. The van der Waals surface area contributed by atoms with Gasteiger partial charge in [-0.1, -0.05) is 109 Å². The van der Waals surface area contributed by atoms with Gasteiger partial charge in [0.25, 0.3) is 0 Å². The predicted octanol–water partition coefficient (Wildman–Crippen LogP) is 13.1. The minimum atomic E-state index is -0.821. The van der Waals surface area contributed by atoms with Crippen LogP contribution in [0.3, 0.4) is 0 Å². The summed E-state index contributed by atoms with van der Waals surface area (Å²) in [5.74, 6) is 0. The van der Waals surface area contributed by atoms with Crippen LogP contribution in [-0.2, 0) is 0 Å². The van der Waals surface area contributed by atoms with Gasteiger partial charge in [0.2, 0.25) is 0 Å². The topological polar surface area (TPSA) is 23.0 Å². The Kier molecular flexibility index (Phi) is 2.93. The molecule has 11 aromatic rings. The van der Waals surface area contributed by atoms with E-state index >= 15 is 0 Å². The number of para-hydroxylation sites is 3. The molecule has 0 amide bonds. The van der Waals surface area contributed by atoms with Crippen molar-refractivity contribution in [2.75, 3.05) is 0 Å². The van der Waals surface area contributed by atoms with Crippen LogP contribution in [0.15, 0.2) is 186 Å². The molecular weight excluding hydrogens is 621 g/mol. The molecule has 0 aliphatic carbocycles. The third-order valence-corrected chi connectivity index (χ3v) is 8.76. The Balaban J connectivity index is 1.28. The lowest BCUT2D eigenvalue weighted by Gasteiger charge is -2.09. The summed E-state index contributed by atoms with van der Waals surface area (Å²) >= 11 is 0. The fourth-order valence-corrected chi connectivity index (χ4v) is 6.59. The highest BCUT2D eigenvalue weighted by atomic mass is 16.3. The number of aromatic nitrogens is 2. The third-order valence-electron chi connectivity index (χ3n) is 8.76. The van der Waals surface area contributed by atoms with Gasteiger partial charge in [0.05, 0.1) is 53.6 Å². The summed E-state index contributed by atoms with van der Waals surface area (Å²) in [6.45, 7) is 0. The summed E-state index contributed by atoms with van der Waals surface area (Å²) in [4.78, 5) is 0. The molecular formula is C48H30N2O. The summed E-state index contributed by atoms with van der Waals surface area (Å²) in [5, 5.41) is -1.81. The molecule has 3 heteroatoms. The fraction of sp³-hybridized carbons (Fsp3) is 0. The van der Waals surface area contributed by atoms with Crippen molar-refractivity contribution >= 4 is 65.6 Å². The zero-order chi connectivity index (χ0) is 53.5. The van der Waals surface area contributed by atoms with Crippen molar-refractivity contribution in [3.05, 3.63) is 181 Å². The first-order chi connectivity index (χ1) is 34.9. The van der Waals surface area contributed by atoms with Crippen molar-refractivity contribution < 1.29 is 35.9 Å². The van der Waals surface area contributed by atoms with Gasteiger partial charge in [-0.05, 0) is 88.8 Å². The highest BCUT2D eigenvalue weighted by Crippen LogP contribution is 2.41. The summed E-state index contributed by atoms with van der Waals surface area (Å²) in [6, 6.07) is -5.29. The summed E-state index contributed by atoms with van der Waals surface area (Å²) in [5.41, 5.74) is -3.95. The average molecular weight is 674 g/mol. The lowest BCUT2D eigenvalue weighted by atomic mass is 9.99. The molecule has 0 bridgehead atoms. The zero-order valence-electron chi connectivity index (χ0n) is 48.8. The Bertz CT molecular complexity index is 4460. The smallest absolute Gasteiger partial charge is 0.137 e. The molecule has 0 spiro atoms. The van der Waals surface area contributed by atoms with E-state index in [1.54, 1.807) is 30.3 Å². The molecule has 0 N–H and O–H groups in total. The highest BCUT2D eigenvalue weighted by Gasteiger charge is 2.18. The van der Waals surface area contributed by atoms with Crippen molar-refractivity contribution in [3.63, 3.8) is 0 Å². The SMILES string of the molecule is [2H]c1cc(-c2c([2H])c([2H])c([2H])c3oc4c([2H])c(-n5c6cc([2H])c(-c7c([2H])c([2H])c8c(c7[2H])c7c([2H])c([2H])c([2H])c([2H])c7n8-c7ccccc7)c([2H])c6c6c([2H])c([2H])c([2H])c([2H])c65)c([2H])c([2H])c4c23)c([2H])c([2H])c1[2H]. The van der Waals surface area contributed by atoms with E-state index in [-0.39, 0.29) is 60.0 Å². The molecule has 0 saturated carbocycles. The van der Waals surface area contributed by atoms with Crippen molar-refractivity contribution in [2.45, 2.75) is 0 Å². The normalized spacial score (nSPS) is 18.2. The van der Waals surface area contributed by atoms with E-state index in [2.05, 4.69) is 0 Å². The van der Waals surface area contributed by atoms with Crippen LogP contribution < -0.4 is 0 Å². The van der Waals surface area contributed by atoms with Crippen LogP contribution in [0.25, 0.3) is 99.2 Å². The molecule has 3 heterocycles. The van der Waals surface area contributed by atoms with Crippen molar-refractivity contribution in [2.24, 2.45) is 0 Å². The van der Waals surface area contributed by atoms with Gasteiger partial charge in [0.1, 0.15) is 11.2 Å². The summed E-state index contributed by atoms with van der Waals surface area (Å²) in [7, 11) is 0. The summed E-state index contributed by atoms with van der Waals surface area (Å²) in [6.07, 6.45) is 0. The average Bonchev–Trinajstić information content (AvgIpc) is 4.09. The number of furan rings is 1. The molecule has 238 valence electrons. The number of hydrogen-bond acceptors (Lipinski definition) is 1. The Morgan fingerprint density at radius 1 is 0.392 bits per heavy atom. The van der Waals surface area contributed by atoms with Crippen molar-refractivity contribution in [1.82, 2.24) is 9.13 Å². The van der Waals surface area contributed by atoms with Crippen molar-refractivity contribution in [3.8, 4) is 33.6 Å². The van der Waals surface area contributed by atoms with Gasteiger partial charge in [0.15, 0.2) is 0 Å². The predicted molar refractivity (Wildman–Crippen MR) is 213 cm³/mol. The van der Waals surface area contributed by atoms with Gasteiger partial charge in [-0.3, -0.25) is 0 Å². The minimum absolute atomic E-state index is 0.113. The van der Waals surface area contributed by atoms with E-state index in [1.807, 2.05) is 0 Å². The zero-order valence-corrected chi connectivity index (χ0v) is 25.8. The highest BCUT2D eigenvalue weighted by molar-refractivity contribution is 6.15. The number of rotatable bonds is 4. The van der Waals surface area contributed by atoms with Crippen molar-refractivity contribution in [1.29, 1.82) is 0 Å². The Morgan fingerprint density at radius 2 is 1.10 bits per heavy atom. The second-order valence-electron chi connectivity index (χ2n) is 11.5. The molecule has 3 nitrogen and oxygen atoms in total. The molecule has 0 aliphatic heterocycles. The van der Waals surface area contributed by atoms with Gasteiger partial charge in [-0.25, -0.2) is 0 Å². The minimum Gasteiger partial charge on any atom is -0.456 e. The lowest BCUT2D eigenvalue weighted by molar-refractivity contribution is 0.668. The molecule has 0 atom stereocenters.